The summed E-state index contributed by atoms with van der Waals surface area (Å²) in [5.41, 5.74) is 5.05. The van der Waals surface area contributed by atoms with Crippen LogP contribution in [0.15, 0.2) is 0 Å². The second-order valence-corrected chi connectivity index (χ2v) is 4.46. The first-order valence-corrected chi connectivity index (χ1v) is 6.24. The van der Waals surface area contributed by atoms with Gasteiger partial charge in [0.1, 0.15) is 6.10 Å². The van der Waals surface area contributed by atoms with Crippen LogP contribution in [0.3, 0.4) is 0 Å². The molecule has 86 valence electrons. The van der Waals surface area contributed by atoms with Gasteiger partial charge in [0.25, 0.3) is 0 Å². The third kappa shape index (κ3) is 4.06. The molecule has 0 aliphatic heterocycles. The summed E-state index contributed by atoms with van der Waals surface area (Å²) in [5.74, 6) is 0. The molecule has 0 aromatic carbocycles. The van der Waals surface area contributed by atoms with Gasteiger partial charge in [-0.3, -0.25) is 0 Å². The van der Waals surface area contributed by atoms with Crippen molar-refractivity contribution in [3.05, 3.63) is 0 Å². The van der Waals surface area contributed by atoms with E-state index in [-0.39, 0.29) is 6.10 Å². The largest absolute Gasteiger partial charge is 0.372 e. The maximum absolute atomic E-state index is 5.64. The Hall–Kier alpha value is 0.0569. The van der Waals surface area contributed by atoms with Gasteiger partial charge < -0.3 is 19.9 Å². The molecule has 0 saturated heterocycles. The zero-order valence-electron chi connectivity index (χ0n) is 9.71. The maximum Gasteiger partial charge on any atom is 0.167 e. The van der Waals surface area contributed by atoms with Crippen molar-refractivity contribution in [1.29, 1.82) is 0 Å². The number of hydrogen-bond donors (Lipinski definition) is 1. The second-order valence-electron chi connectivity index (χ2n) is 3.06. The molecule has 2 N–H and O–H groups in total. The average Bonchev–Trinajstić information content (AvgIpc) is 2.14. The summed E-state index contributed by atoms with van der Waals surface area (Å²) in [7, 11) is 0.745. The Morgan fingerprint density at radius 3 is 1.93 bits per heavy atom. The molecule has 4 nitrogen and oxygen atoms in total. The van der Waals surface area contributed by atoms with Crippen LogP contribution in [0.4, 0.5) is 0 Å². The van der Waals surface area contributed by atoms with E-state index in [0.29, 0.717) is 26.4 Å². The molecule has 0 fully saturated rings. The minimum atomic E-state index is -0.589. The summed E-state index contributed by atoms with van der Waals surface area (Å²) in [6.45, 7) is 8.14. The van der Waals surface area contributed by atoms with E-state index in [2.05, 4.69) is 0 Å². The Morgan fingerprint density at radius 1 is 1.14 bits per heavy atom. The van der Waals surface area contributed by atoms with Gasteiger partial charge >= 0.3 is 0 Å². The van der Waals surface area contributed by atoms with E-state index in [1.807, 2.05) is 20.8 Å². The first-order valence-electron chi connectivity index (χ1n) is 5.24. The topological polar surface area (TPSA) is 53.7 Å². The zero-order valence-corrected chi connectivity index (χ0v) is 11.7. The summed E-state index contributed by atoms with van der Waals surface area (Å²) in [5, 5.41) is 0. The van der Waals surface area contributed by atoms with Crippen molar-refractivity contribution in [2.24, 2.45) is 5.73 Å². The van der Waals surface area contributed by atoms with Crippen LogP contribution in [-0.4, -0.2) is 48.1 Å². The summed E-state index contributed by atoms with van der Waals surface area (Å²) in [4.78, 5) is 0. The number of rotatable bonds is 8. The van der Waals surface area contributed by atoms with Gasteiger partial charge in [-0.05, 0) is 20.8 Å². The predicted octanol–water partition coefficient (Wildman–Crippen LogP) is -0.558. The van der Waals surface area contributed by atoms with Crippen molar-refractivity contribution in [3.8, 4) is 0 Å². The Morgan fingerprint density at radius 2 is 1.64 bits per heavy atom. The number of hydrogen-bond acceptors (Lipinski definition) is 4. The minimum Gasteiger partial charge on any atom is -0.372 e. The van der Waals surface area contributed by atoms with E-state index in [9.17, 15) is 0 Å². The SMILES string of the molecule is CCOC(CN)C([SiH3])(OCC)OCC. The Labute approximate surface area is 89.5 Å². The van der Waals surface area contributed by atoms with Crippen molar-refractivity contribution in [2.75, 3.05) is 26.4 Å². The lowest BCUT2D eigenvalue weighted by atomic mass is 10.3. The summed E-state index contributed by atoms with van der Waals surface area (Å²) in [6, 6.07) is 0. The lowest BCUT2D eigenvalue weighted by molar-refractivity contribution is -0.232. The van der Waals surface area contributed by atoms with Gasteiger partial charge in [-0.2, -0.15) is 0 Å². The van der Waals surface area contributed by atoms with E-state index in [1.54, 1.807) is 0 Å². The van der Waals surface area contributed by atoms with Crippen LogP contribution in [0.5, 0.6) is 0 Å². The highest BCUT2D eigenvalue weighted by Crippen LogP contribution is 2.16. The first-order chi connectivity index (χ1) is 6.64. The second kappa shape index (κ2) is 7.36. The fourth-order valence-corrected chi connectivity index (χ4v) is 2.42. The maximum atomic E-state index is 5.64. The fraction of sp³-hybridized carbons (Fsp3) is 1.00. The van der Waals surface area contributed by atoms with Crippen molar-refractivity contribution in [2.45, 2.75) is 32.3 Å². The molecule has 0 aliphatic rings. The molecule has 14 heavy (non-hydrogen) atoms. The molecule has 0 aromatic heterocycles. The van der Waals surface area contributed by atoms with Crippen LogP contribution in [0.2, 0.25) is 0 Å². The lowest BCUT2D eigenvalue weighted by Gasteiger charge is -2.36. The molecular formula is C9H23NO3Si. The summed E-state index contributed by atoms with van der Waals surface area (Å²) < 4.78 is 16.7. The molecule has 0 aliphatic carbocycles. The van der Waals surface area contributed by atoms with E-state index >= 15 is 0 Å². The quantitative estimate of drug-likeness (QED) is 0.441. The normalized spacial score (nSPS) is 14.6. The highest BCUT2D eigenvalue weighted by molar-refractivity contribution is 6.13. The van der Waals surface area contributed by atoms with Crippen LogP contribution in [0, 0.1) is 0 Å². The highest BCUT2D eigenvalue weighted by atomic mass is 28.1. The van der Waals surface area contributed by atoms with Crippen molar-refractivity contribution in [3.63, 3.8) is 0 Å². The van der Waals surface area contributed by atoms with Gasteiger partial charge in [0, 0.05) is 26.4 Å². The van der Waals surface area contributed by atoms with Crippen LogP contribution in [-0.2, 0) is 14.2 Å². The molecule has 0 aromatic rings. The van der Waals surface area contributed by atoms with Gasteiger partial charge in [-0.25, -0.2) is 0 Å². The van der Waals surface area contributed by atoms with Gasteiger partial charge in [-0.15, -0.1) is 0 Å². The predicted molar refractivity (Wildman–Crippen MR) is 60.4 cm³/mol. The Kier molecular flexibility index (Phi) is 7.39. The van der Waals surface area contributed by atoms with Crippen LogP contribution < -0.4 is 5.73 Å². The summed E-state index contributed by atoms with van der Waals surface area (Å²) >= 11 is 0. The molecule has 0 bridgehead atoms. The van der Waals surface area contributed by atoms with Gasteiger partial charge in [0.15, 0.2) is 5.41 Å². The Bertz CT molecular complexity index is 140. The molecule has 0 spiro atoms. The minimum absolute atomic E-state index is 0.154. The molecule has 0 heterocycles. The van der Waals surface area contributed by atoms with E-state index in [4.69, 9.17) is 19.9 Å². The number of nitrogens with two attached hydrogens (primary N) is 1. The first kappa shape index (κ1) is 14.1. The molecule has 0 rings (SSSR count). The standard InChI is InChI=1S/C9H23NO3Si/c1-4-11-8(7-10)9(14,12-5-2)13-6-3/h8H,4-7,10H2,1-3,14H3. The smallest absolute Gasteiger partial charge is 0.167 e. The molecule has 0 amide bonds. The van der Waals surface area contributed by atoms with Crippen molar-refractivity contribution < 1.29 is 14.2 Å². The average molecular weight is 221 g/mol. The summed E-state index contributed by atoms with van der Waals surface area (Å²) in [6.07, 6.45) is -0.154. The van der Waals surface area contributed by atoms with Crippen molar-refractivity contribution >= 4 is 10.2 Å². The number of ether oxygens (including phenoxy) is 3. The molecule has 1 atom stereocenters. The molecule has 1 unspecified atom stereocenters. The third-order valence-electron chi connectivity index (χ3n) is 2.03. The lowest BCUT2D eigenvalue weighted by Crippen LogP contribution is -2.53. The monoisotopic (exact) mass is 221 g/mol. The molecular weight excluding hydrogens is 198 g/mol. The molecule has 0 radical (unpaired) electrons. The van der Waals surface area contributed by atoms with E-state index in [0.717, 1.165) is 10.2 Å². The van der Waals surface area contributed by atoms with E-state index in [1.165, 1.54) is 0 Å². The molecule has 5 heteroatoms. The molecule has 0 saturated carbocycles. The van der Waals surface area contributed by atoms with Gasteiger partial charge in [0.2, 0.25) is 0 Å². The van der Waals surface area contributed by atoms with Crippen LogP contribution >= 0.6 is 0 Å². The van der Waals surface area contributed by atoms with Gasteiger partial charge in [0.05, 0.1) is 10.2 Å². The van der Waals surface area contributed by atoms with E-state index < -0.39 is 5.41 Å². The van der Waals surface area contributed by atoms with Crippen LogP contribution in [0.25, 0.3) is 0 Å². The zero-order chi connectivity index (χ0) is 11.0. The Balaban J connectivity index is 4.39. The van der Waals surface area contributed by atoms with Crippen molar-refractivity contribution in [1.82, 2.24) is 0 Å². The van der Waals surface area contributed by atoms with Gasteiger partial charge in [-0.1, -0.05) is 0 Å². The fourth-order valence-electron chi connectivity index (χ4n) is 1.44. The van der Waals surface area contributed by atoms with Crippen LogP contribution in [0.1, 0.15) is 20.8 Å². The third-order valence-corrected chi connectivity index (χ3v) is 3.25. The highest BCUT2D eigenvalue weighted by Gasteiger charge is 2.35.